The lowest BCUT2D eigenvalue weighted by atomic mass is 10.0. The van der Waals surface area contributed by atoms with Gasteiger partial charge >= 0.3 is 18.1 Å². The van der Waals surface area contributed by atoms with Crippen LogP contribution in [0.25, 0.3) is 11.1 Å². The summed E-state index contributed by atoms with van der Waals surface area (Å²) in [4.78, 5) is 25.0. The molecule has 0 fully saturated rings. The highest BCUT2D eigenvalue weighted by molar-refractivity contribution is 5.92. The molecule has 0 radical (unpaired) electrons. The summed E-state index contributed by atoms with van der Waals surface area (Å²) in [6.45, 7) is 5.00. The molecule has 0 spiro atoms. The second-order valence-corrected chi connectivity index (χ2v) is 10.9. The van der Waals surface area contributed by atoms with Crippen molar-refractivity contribution in [1.29, 1.82) is 0 Å². The van der Waals surface area contributed by atoms with Gasteiger partial charge in [-0.05, 0) is 73.7 Å². The van der Waals surface area contributed by atoms with Crippen molar-refractivity contribution in [2.24, 2.45) is 0 Å². The van der Waals surface area contributed by atoms with E-state index in [-0.39, 0.29) is 24.3 Å². The highest BCUT2D eigenvalue weighted by Gasteiger charge is 2.42. The van der Waals surface area contributed by atoms with Gasteiger partial charge in [-0.2, -0.15) is 13.2 Å². The summed E-state index contributed by atoms with van der Waals surface area (Å²) in [6.07, 6.45) is 0.770. The van der Waals surface area contributed by atoms with Crippen LogP contribution in [-0.4, -0.2) is 44.0 Å². The fraction of sp³-hybridized carbons (Fsp3) is 0.444. The monoisotopic (exact) mass is 646 g/mol. The molecular formula is C36H42F4O6. The van der Waals surface area contributed by atoms with Crippen LogP contribution < -0.4 is 9.47 Å². The van der Waals surface area contributed by atoms with Crippen LogP contribution in [0.5, 0.6) is 11.5 Å². The maximum Gasteiger partial charge on any atom is 0.425 e. The van der Waals surface area contributed by atoms with E-state index in [4.69, 9.17) is 14.2 Å². The van der Waals surface area contributed by atoms with Gasteiger partial charge in [-0.25, -0.2) is 14.0 Å². The molecule has 0 saturated heterocycles. The first-order valence-electron chi connectivity index (χ1n) is 15.8. The SMILES string of the molecule is CCCCCCCCCOc1ccc(-c2ccc(C(=O)Oc3ccc(C(=O)OC(CCCOCC)C(F)(F)F)c(F)c3)cc2)cc1. The Bertz CT molecular complexity index is 1360. The molecule has 250 valence electrons. The van der Waals surface area contributed by atoms with Crippen molar-refractivity contribution in [3.63, 3.8) is 0 Å². The highest BCUT2D eigenvalue weighted by atomic mass is 19.4. The molecular weight excluding hydrogens is 604 g/mol. The van der Waals surface area contributed by atoms with Gasteiger partial charge in [0.1, 0.15) is 17.3 Å². The minimum absolute atomic E-state index is 0.00425. The molecule has 0 amide bonds. The number of rotatable bonds is 19. The van der Waals surface area contributed by atoms with Crippen molar-refractivity contribution in [1.82, 2.24) is 0 Å². The van der Waals surface area contributed by atoms with Crippen LogP contribution in [0.15, 0.2) is 66.7 Å². The van der Waals surface area contributed by atoms with E-state index in [2.05, 4.69) is 11.7 Å². The Kier molecular flexibility index (Phi) is 15.0. The normalized spacial score (nSPS) is 12.0. The van der Waals surface area contributed by atoms with Gasteiger partial charge in [-0.15, -0.1) is 0 Å². The Morgan fingerprint density at radius 3 is 1.93 bits per heavy atom. The van der Waals surface area contributed by atoms with Gasteiger partial charge in [0.2, 0.25) is 0 Å². The first kappa shape index (κ1) is 36.5. The van der Waals surface area contributed by atoms with Crippen LogP contribution in [0.4, 0.5) is 17.6 Å². The van der Waals surface area contributed by atoms with Gasteiger partial charge in [-0.3, -0.25) is 0 Å². The van der Waals surface area contributed by atoms with Gasteiger partial charge in [-0.1, -0.05) is 69.7 Å². The largest absolute Gasteiger partial charge is 0.494 e. The number of hydrogen-bond acceptors (Lipinski definition) is 6. The van der Waals surface area contributed by atoms with Gasteiger partial charge in [0.15, 0.2) is 6.10 Å². The smallest absolute Gasteiger partial charge is 0.425 e. The third kappa shape index (κ3) is 12.1. The molecule has 0 saturated carbocycles. The average molecular weight is 647 g/mol. The van der Waals surface area contributed by atoms with Crippen LogP contribution in [0.3, 0.4) is 0 Å². The van der Waals surface area contributed by atoms with E-state index in [0.717, 1.165) is 47.9 Å². The van der Waals surface area contributed by atoms with Crippen LogP contribution >= 0.6 is 0 Å². The molecule has 0 aromatic heterocycles. The number of alkyl halides is 3. The van der Waals surface area contributed by atoms with Crippen LogP contribution in [0.1, 0.15) is 92.4 Å². The lowest BCUT2D eigenvalue weighted by molar-refractivity contribution is -0.206. The third-order valence-corrected chi connectivity index (χ3v) is 7.27. The van der Waals surface area contributed by atoms with E-state index in [1.807, 2.05) is 24.3 Å². The van der Waals surface area contributed by atoms with E-state index in [1.54, 1.807) is 31.2 Å². The first-order chi connectivity index (χ1) is 22.1. The molecule has 0 aliphatic rings. The molecule has 3 aromatic carbocycles. The molecule has 0 bridgehead atoms. The Balaban J connectivity index is 1.51. The van der Waals surface area contributed by atoms with Crippen molar-refractivity contribution in [2.75, 3.05) is 19.8 Å². The Morgan fingerprint density at radius 1 is 0.717 bits per heavy atom. The number of benzene rings is 3. The summed E-state index contributed by atoms with van der Waals surface area (Å²) in [5.74, 6) is -2.87. The summed E-state index contributed by atoms with van der Waals surface area (Å²) in [7, 11) is 0. The lowest BCUT2D eigenvalue weighted by Gasteiger charge is -2.21. The number of ether oxygens (including phenoxy) is 4. The Morgan fingerprint density at radius 2 is 1.33 bits per heavy atom. The quantitative estimate of drug-likeness (QED) is 0.0559. The fourth-order valence-corrected chi connectivity index (χ4v) is 4.68. The van der Waals surface area contributed by atoms with Gasteiger partial charge in [0, 0.05) is 19.3 Å². The minimum Gasteiger partial charge on any atom is -0.494 e. The van der Waals surface area contributed by atoms with E-state index in [9.17, 15) is 27.2 Å². The zero-order valence-corrected chi connectivity index (χ0v) is 26.4. The third-order valence-electron chi connectivity index (χ3n) is 7.27. The van der Waals surface area contributed by atoms with Crippen LogP contribution in [0.2, 0.25) is 0 Å². The van der Waals surface area contributed by atoms with Gasteiger partial charge < -0.3 is 18.9 Å². The predicted octanol–water partition coefficient (Wildman–Crippen LogP) is 9.75. The average Bonchev–Trinajstić information content (AvgIpc) is 3.03. The molecule has 0 aliphatic carbocycles. The molecule has 1 atom stereocenters. The van der Waals surface area contributed by atoms with Crippen molar-refractivity contribution in [3.05, 3.63) is 83.7 Å². The second-order valence-electron chi connectivity index (χ2n) is 10.9. The second kappa shape index (κ2) is 18.9. The number of carbonyl (C=O) groups is 2. The molecule has 0 aliphatic heterocycles. The maximum absolute atomic E-state index is 14.7. The number of carbonyl (C=O) groups excluding carboxylic acids is 2. The number of esters is 2. The summed E-state index contributed by atoms with van der Waals surface area (Å²) >= 11 is 0. The van der Waals surface area contributed by atoms with Crippen molar-refractivity contribution >= 4 is 11.9 Å². The summed E-state index contributed by atoms with van der Waals surface area (Å²) in [5, 5.41) is 0. The lowest BCUT2D eigenvalue weighted by Crippen LogP contribution is -2.34. The van der Waals surface area contributed by atoms with Gasteiger partial charge in [0.05, 0.1) is 17.7 Å². The van der Waals surface area contributed by atoms with E-state index < -0.39 is 42.0 Å². The number of hydrogen-bond donors (Lipinski definition) is 0. The zero-order chi connectivity index (χ0) is 33.4. The summed E-state index contributed by atoms with van der Waals surface area (Å²) in [5.41, 5.74) is 1.27. The predicted molar refractivity (Wildman–Crippen MR) is 168 cm³/mol. The molecule has 46 heavy (non-hydrogen) atoms. The number of unbranched alkanes of at least 4 members (excludes halogenated alkanes) is 6. The molecule has 3 rings (SSSR count). The van der Waals surface area contributed by atoms with E-state index in [1.165, 1.54) is 32.1 Å². The minimum atomic E-state index is -4.83. The fourth-order valence-electron chi connectivity index (χ4n) is 4.68. The molecule has 10 heteroatoms. The molecule has 6 nitrogen and oxygen atoms in total. The first-order valence-corrected chi connectivity index (χ1v) is 15.8. The molecule has 0 heterocycles. The summed E-state index contributed by atoms with van der Waals surface area (Å²) < 4.78 is 75.4. The van der Waals surface area contributed by atoms with E-state index in [0.29, 0.717) is 13.2 Å². The maximum atomic E-state index is 14.7. The highest BCUT2D eigenvalue weighted by Crippen LogP contribution is 2.29. The molecule has 3 aromatic rings. The summed E-state index contributed by atoms with van der Waals surface area (Å²) in [6, 6.07) is 17.1. The van der Waals surface area contributed by atoms with Crippen LogP contribution in [0, 0.1) is 5.82 Å². The van der Waals surface area contributed by atoms with Gasteiger partial charge in [0.25, 0.3) is 0 Å². The Hall–Kier alpha value is -3.92. The van der Waals surface area contributed by atoms with Crippen molar-refractivity contribution < 1.29 is 46.1 Å². The standard InChI is InChI=1S/C36H42F4O6/c1-3-5-6-7-8-9-10-24-44-29-19-17-27(18-20-29)26-13-15-28(16-14-26)34(41)45-30-21-22-31(32(37)25-30)35(42)46-33(36(38,39)40)12-11-23-43-4-2/h13-22,25,33H,3-12,23-24H2,1-2H3. The Labute approximate surface area is 268 Å². The van der Waals surface area contributed by atoms with Crippen molar-refractivity contribution in [3.8, 4) is 22.6 Å². The zero-order valence-electron chi connectivity index (χ0n) is 26.4. The van der Waals surface area contributed by atoms with Crippen LogP contribution in [-0.2, 0) is 9.47 Å². The van der Waals surface area contributed by atoms with E-state index >= 15 is 0 Å². The molecule has 0 N–H and O–H groups in total. The molecule has 1 unspecified atom stereocenters. The topological polar surface area (TPSA) is 71.1 Å². The number of halogens is 4. The van der Waals surface area contributed by atoms with Crippen molar-refractivity contribution in [2.45, 2.75) is 83.9 Å².